The zero-order chi connectivity index (χ0) is 27.3. The molecule has 0 heterocycles. The molecular formula is C33H45BiO3. The van der Waals surface area contributed by atoms with Gasteiger partial charge in [-0.1, -0.05) is 0 Å². The van der Waals surface area contributed by atoms with Gasteiger partial charge in [-0.2, -0.15) is 0 Å². The van der Waals surface area contributed by atoms with Gasteiger partial charge in [0.05, 0.1) is 0 Å². The third-order valence-corrected chi connectivity index (χ3v) is 9.63. The van der Waals surface area contributed by atoms with E-state index in [2.05, 4.69) is 117 Å². The molecule has 0 aliphatic heterocycles. The molecule has 3 rings (SSSR count). The molecule has 37 heavy (non-hydrogen) atoms. The molecule has 0 saturated carbocycles. The molecule has 0 bridgehead atoms. The molecule has 0 saturated heterocycles. The Morgan fingerprint density at radius 3 is 0.919 bits per heavy atom. The van der Waals surface area contributed by atoms with E-state index in [1.807, 2.05) is 18.2 Å². The molecule has 3 aromatic carbocycles. The van der Waals surface area contributed by atoms with Crippen molar-refractivity contribution in [3.8, 4) is 17.2 Å². The summed E-state index contributed by atoms with van der Waals surface area (Å²) < 4.78 is 20.2. The molecule has 0 N–H and O–H groups in total. The van der Waals surface area contributed by atoms with Gasteiger partial charge in [0.15, 0.2) is 0 Å². The van der Waals surface area contributed by atoms with Crippen LogP contribution in [-0.4, -0.2) is 23.1 Å². The second-order valence-corrected chi connectivity index (χ2v) is 17.4. The molecule has 0 amide bonds. The molecule has 0 fully saturated rings. The summed E-state index contributed by atoms with van der Waals surface area (Å²) in [4.78, 5) is 0. The van der Waals surface area contributed by atoms with Crippen molar-refractivity contribution in [1.82, 2.24) is 0 Å². The molecule has 0 unspecified atom stereocenters. The van der Waals surface area contributed by atoms with Crippen LogP contribution in [0.5, 0.6) is 17.2 Å². The van der Waals surface area contributed by atoms with Crippen LogP contribution in [0.3, 0.4) is 0 Å². The second kappa shape index (κ2) is 12.2. The Labute approximate surface area is 235 Å². The van der Waals surface area contributed by atoms with E-state index in [0.717, 1.165) is 36.5 Å². The molecule has 0 aliphatic carbocycles. The normalized spacial score (nSPS) is 12.5. The molecule has 3 aromatic rings. The van der Waals surface area contributed by atoms with Gasteiger partial charge in [-0.15, -0.1) is 0 Å². The average Bonchev–Trinajstić information content (AvgIpc) is 2.75. The van der Waals surface area contributed by atoms with E-state index in [1.54, 1.807) is 0 Å². The van der Waals surface area contributed by atoms with E-state index in [-0.39, 0.29) is 16.2 Å². The standard InChI is InChI=1S/3C11H16O.Bi/c3*1-11(2,3)8-9-6-4-5-7-10(9)12;/h3*4-7,12H,8H2,1-3H3;/q;;;+3/p-3. The van der Waals surface area contributed by atoms with Crippen LogP contribution in [0, 0.1) is 16.2 Å². The quantitative estimate of drug-likeness (QED) is 0.209. The number of benzene rings is 3. The summed E-state index contributed by atoms with van der Waals surface area (Å²) in [6.45, 7) is 20.3. The summed E-state index contributed by atoms with van der Waals surface area (Å²) in [5, 5.41) is 0. The van der Waals surface area contributed by atoms with Gasteiger partial charge in [-0.05, 0) is 0 Å². The molecule has 0 aromatic heterocycles. The van der Waals surface area contributed by atoms with Gasteiger partial charge >= 0.3 is 236 Å². The first-order valence-corrected chi connectivity index (χ1v) is 17.5. The molecule has 0 aliphatic rings. The number of hydrogen-bond acceptors (Lipinski definition) is 3. The van der Waals surface area contributed by atoms with E-state index in [4.69, 9.17) is 8.44 Å². The fraction of sp³-hybridized carbons (Fsp3) is 0.455. The van der Waals surface area contributed by atoms with Crippen molar-refractivity contribution in [2.24, 2.45) is 16.2 Å². The summed E-state index contributed by atoms with van der Waals surface area (Å²) in [5.41, 5.74) is 3.99. The number of para-hydroxylation sites is 3. The van der Waals surface area contributed by atoms with Crippen molar-refractivity contribution >= 4 is 23.1 Å². The van der Waals surface area contributed by atoms with Crippen LogP contribution in [0.1, 0.15) is 79.0 Å². The summed E-state index contributed by atoms with van der Waals surface area (Å²) in [5.74, 6) is 2.62. The van der Waals surface area contributed by atoms with Gasteiger partial charge in [-0.25, -0.2) is 0 Å². The summed E-state index contributed by atoms with van der Waals surface area (Å²) in [6, 6.07) is 25.0. The Morgan fingerprint density at radius 1 is 0.432 bits per heavy atom. The fourth-order valence-electron chi connectivity index (χ4n) is 4.23. The van der Waals surface area contributed by atoms with Crippen molar-refractivity contribution in [3.63, 3.8) is 0 Å². The SMILES string of the molecule is CC(C)(C)Cc1ccccc1[O][Bi]([O]c1ccccc1CC(C)(C)C)[O]c1ccccc1CC(C)(C)C. The van der Waals surface area contributed by atoms with E-state index < -0.39 is 23.1 Å². The Morgan fingerprint density at radius 2 is 0.676 bits per heavy atom. The van der Waals surface area contributed by atoms with Gasteiger partial charge in [-0.3, -0.25) is 0 Å². The van der Waals surface area contributed by atoms with Crippen molar-refractivity contribution in [1.29, 1.82) is 0 Å². The van der Waals surface area contributed by atoms with Crippen molar-refractivity contribution < 1.29 is 8.44 Å². The minimum absolute atomic E-state index is 0.143. The Kier molecular flexibility index (Phi) is 9.73. The predicted molar refractivity (Wildman–Crippen MR) is 156 cm³/mol. The van der Waals surface area contributed by atoms with Crippen LogP contribution >= 0.6 is 0 Å². The number of hydrogen-bond donors (Lipinski definition) is 0. The Hall–Kier alpha value is -2.06. The predicted octanol–water partition coefficient (Wildman–Crippen LogP) is 8.97. The second-order valence-electron chi connectivity index (χ2n) is 13.5. The molecule has 200 valence electrons. The molecular weight excluding hydrogens is 653 g/mol. The summed E-state index contributed by atoms with van der Waals surface area (Å²) >= 11 is -3.52. The van der Waals surface area contributed by atoms with Gasteiger partial charge in [0, 0.05) is 0 Å². The average molecular weight is 699 g/mol. The van der Waals surface area contributed by atoms with Crippen LogP contribution in [0.15, 0.2) is 72.8 Å². The topological polar surface area (TPSA) is 27.7 Å². The zero-order valence-electron chi connectivity index (χ0n) is 24.2. The number of rotatable bonds is 9. The van der Waals surface area contributed by atoms with E-state index in [0.29, 0.717) is 0 Å². The van der Waals surface area contributed by atoms with Gasteiger partial charge in [0.1, 0.15) is 0 Å². The van der Waals surface area contributed by atoms with Gasteiger partial charge in [0.25, 0.3) is 0 Å². The summed E-state index contributed by atoms with van der Waals surface area (Å²) in [7, 11) is 0. The Bertz CT molecular complexity index is 1000. The fourth-order valence-corrected chi connectivity index (χ4v) is 8.61. The molecule has 0 atom stereocenters. The molecule has 4 heteroatoms. The molecule has 0 radical (unpaired) electrons. The van der Waals surface area contributed by atoms with E-state index in [9.17, 15) is 0 Å². The first-order valence-electron chi connectivity index (χ1n) is 13.3. The minimum atomic E-state index is -3.52. The van der Waals surface area contributed by atoms with Gasteiger partial charge < -0.3 is 0 Å². The van der Waals surface area contributed by atoms with Crippen molar-refractivity contribution in [3.05, 3.63) is 89.5 Å². The monoisotopic (exact) mass is 698 g/mol. The first-order chi connectivity index (χ1) is 17.2. The molecule has 0 spiro atoms. The maximum absolute atomic E-state index is 6.73. The van der Waals surface area contributed by atoms with Crippen molar-refractivity contribution in [2.45, 2.75) is 81.6 Å². The van der Waals surface area contributed by atoms with Crippen LogP contribution in [0.4, 0.5) is 0 Å². The third-order valence-electron chi connectivity index (χ3n) is 5.60. The summed E-state index contributed by atoms with van der Waals surface area (Å²) in [6.07, 6.45) is 2.76. The Balaban J connectivity index is 1.98. The third kappa shape index (κ3) is 10.3. The van der Waals surface area contributed by atoms with Crippen LogP contribution in [0.25, 0.3) is 0 Å². The zero-order valence-corrected chi connectivity index (χ0v) is 27.7. The molecule has 3 nitrogen and oxygen atoms in total. The van der Waals surface area contributed by atoms with E-state index >= 15 is 0 Å². The van der Waals surface area contributed by atoms with Crippen molar-refractivity contribution in [2.75, 3.05) is 0 Å². The maximum atomic E-state index is 6.73. The first kappa shape index (κ1) is 29.5. The van der Waals surface area contributed by atoms with Crippen LogP contribution < -0.4 is 8.44 Å². The van der Waals surface area contributed by atoms with Crippen LogP contribution in [-0.2, 0) is 19.3 Å². The van der Waals surface area contributed by atoms with Crippen LogP contribution in [0.2, 0.25) is 0 Å². The van der Waals surface area contributed by atoms with Gasteiger partial charge in [0.2, 0.25) is 0 Å². The van der Waals surface area contributed by atoms with E-state index in [1.165, 1.54) is 16.7 Å².